The van der Waals surface area contributed by atoms with Crippen LogP contribution in [-0.2, 0) is 11.3 Å². The van der Waals surface area contributed by atoms with Gasteiger partial charge < -0.3 is 9.80 Å². The van der Waals surface area contributed by atoms with E-state index >= 15 is 0 Å². The number of nitrogens with zero attached hydrogens (tertiary/aromatic N) is 5. The molecule has 7 heteroatoms. The minimum Gasteiger partial charge on any atom is -0.341 e. The number of rotatable bonds is 4. The molecule has 124 valence electrons. The third kappa shape index (κ3) is 3.01. The van der Waals surface area contributed by atoms with Gasteiger partial charge in [0.2, 0.25) is 5.91 Å². The van der Waals surface area contributed by atoms with Crippen molar-refractivity contribution in [3.05, 3.63) is 34.9 Å². The van der Waals surface area contributed by atoms with Gasteiger partial charge in [0.25, 0.3) is 0 Å². The molecule has 1 aliphatic heterocycles. The molecule has 0 aliphatic carbocycles. The second-order valence-electron chi connectivity index (χ2n) is 6.49. The van der Waals surface area contributed by atoms with Gasteiger partial charge in [0.15, 0.2) is 5.65 Å². The van der Waals surface area contributed by atoms with E-state index in [9.17, 15) is 9.59 Å². The molecule has 2 aromatic rings. The van der Waals surface area contributed by atoms with E-state index in [1.807, 2.05) is 25.1 Å². The van der Waals surface area contributed by atoms with Crippen molar-refractivity contribution in [2.75, 3.05) is 27.2 Å². The summed E-state index contributed by atoms with van der Waals surface area (Å²) in [5.74, 6) is 0.553. The Balaban J connectivity index is 1.65. The predicted molar refractivity (Wildman–Crippen MR) is 87.3 cm³/mol. The summed E-state index contributed by atoms with van der Waals surface area (Å²) in [5, 5.41) is 4.26. The number of likely N-dealkylation sites (N-methyl/N-ethyl adjacent to an activating group) is 1. The number of hydrogen-bond donors (Lipinski definition) is 0. The summed E-state index contributed by atoms with van der Waals surface area (Å²) < 4.78 is 2.86. The Kier molecular flexibility index (Phi) is 4.21. The number of aromatic nitrogens is 3. The Hall–Kier alpha value is -2.15. The Morgan fingerprint density at radius 1 is 1.35 bits per heavy atom. The molecule has 0 bridgehead atoms. The highest BCUT2D eigenvalue weighted by Gasteiger charge is 2.33. The van der Waals surface area contributed by atoms with Gasteiger partial charge in [-0.2, -0.15) is 0 Å². The van der Waals surface area contributed by atoms with Crippen LogP contribution in [0.1, 0.15) is 13.3 Å². The van der Waals surface area contributed by atoms with Crippen molar-refractivity contribution in [3.63, 3.8) is 0 Å². The highest BCUT2D eigenvalue weighted by Crippen LogP contribution is 2.20. The first-order valence-electron chi connectivity index (χ1n) is 7.96. The van der Waals surface area contributed by atoms with E-state index in [2.05, 4.69) is 16.9 Å². The van der Waals surface area contributed by atoms with Gasteiger partial charge in [-0.1, -0.05) is 13.0 Å². The van der Waals surface area contributed by atoms with E-state index in [4.69, 9.17) is 0 Å². The van der Waals surface area contributed by atoms with Crippen LogP contribution in [-0.4, -0.2) is 63.1 Å². The molecule has 0 N–H and O–H groups in total. The molecule has 1 aliphatic rings. The number of likely N-dealkylation sites (tertiary alicyclic amines) is 1. The van der Waals surface area contributed by atoms with E-state index in [0.717, 1.165) is 13.1 Å². The maximum Gasteiger partial charge on any atom is 0.350 e. The number of hydrogen-bond acceptors (Lipinski definition) is 4. The minimum atomic E-state index is -0.200. The molecule has 0 aromatic carbocycles. The van der Waals surface area contributed by atoms with Crippen LogP contribution >= 0.6 is 0 Å². The molecular formula is C16H23N5O2. The van der Waals surface area contributed by atoms with Crippen molar-refractivity contribution < 1.29 is 4.79 Å². The largest absolute Gasteiger partial charge is 0.350 e. The summed E-state index contributed by atoms with van der Waals surface area (Å²) >= 11 is 0. The SMILES string of the molecule is CC1CN(C(=O)CCn2nc3ccccn3c2=O)CC1N(C)C. The fourth-order valence-electron chi connectivity index (χ4n) is 3.30. The fraction of sp³-hybridized carbons (Fsp3) is 0.562. The van der Waals surface area contributed by atoms with Gasteiger partial charge >= 0.3 is 5.69 Å². The Bertz CT molecular complexity index is 763. The van der Waals surface area contributed by atoms with Gasteiger partial charge in [-0.05, 0) is 32.1 Å². The number of amides is 1. The maximum absolute atomic E-state index is 12.4. The molecule has 23 heavy (non-hydrogen) atoms. The second kappa shape index (κ2) is 6.16. The van der Waals surface area contributed by atoms with Gasteiger partial charge in [-0.15, -0.1) is 5.10 Å². The van der Waals surface area contributed by atoms with Crippen LogP contribution < -0.4 is 5.69 Å². The molecule has 7 nitrogen and oxygen atoms in total. The summed E-state index contributed by atoms with van der Waals surface area (Å²) in [4.78, 5) is 28.7. The van der Waals surface area contributed by atoms with E-state index < -0.39 is 0 Å². The van der Waals surface area contributed by atoms with Crippen LogP contribution in [0.5, 0.6) is 0 Å². The van der Waals surface area contributed by atoms with E-state index in [-0.39, 0.29) is 11.6 Å². The molecule has 2 aromatic heterocycles. The molecule has 1 saturated heterocycles. The first kappa shape index (κ1) is 15.7. The van der Waals surface area contributed by atoms with Crippen LogP contribution in [0.25, 0.3) is 5.65 Å². The smallest absolute Gasteiger partial charge is 0.341 e. The standard InChI is InChI=1S/C16H23N5O2/c1-12-10-19(11-13(12)18(2)3)15(22)7-9-21-16(23)20-8-5-4-6-14(20)17-21/h4-6,8,12-13H,7,9-11H2,1-3H3. The van der Waals surface area contributed by atoms with Crippen molar-refractivity contribution in [1.29, 1.82) is 0 Å². The summed E-state index contributed by atoms with van der Waals surface area (Å²) in [6, 6.07) is 5.81. The average Bonchev–Trinajstić information content (AvgIpc) is 3.06. The molecule has 3 heterocycles. The van der Waals surface area contributed by atoms with Crippen molar-refractivity contribution in [1.82, 2.24) is 24.0 Å². The molecule has 1 amide bonds. The topological polar surface area (TPSA) is 62.9 Å². The summed E-state index contributed by atoms with van der Waals surface area (Å²) in [7, 11) is 4.09. The van der Waals surface area contributed by atoms with Gasteiger partial charge in [-0.25, -0.2) is 9.48 Å². The van der Waals surface area contributed by atoms with Crippen LogP contribution in [0.15, 0.2) is 29.2 Å². The zero-order chi connectivity index (χ0) is 16.6. The Morgan fingerprint density at radius 2 is 2.13 bits per heavy atom. The number of carbonyl (C=O) groups excluding carboxylic acids is 1. The van der Waals surface area contributed by atoms with Crippen molar-refractivity contribution >= 4 is 11.6 Å². The molecule has 0 radical (unpaired) electrons. The number of pyridine rings is 1. The normalized spacial score (nSPS) is 21.5. The van der Waals surface area contributed by atoms with Gasteiger partial charge in [-0.3, -0.25) is 9.20 Å². The fourth-order valence-corrected chi connectivity index (χ4v) is 3.30. The van der Waals surface area contributed by atoms with Crippen LogP contribution in [0.3, 0.4) is 0 Å². The first-order chi connectivity index (χ1) is 11.0. The second-order valence-corrected chi connectivity index (χ2v) is 6.49. The van der Waals surface area contributed by atoms with E-state index in [1.165, 1.54) is 9.08 Å². The Morgan fingerprint density at radius 3 is 2.78 bits per heavy atom. The summed E-state index contributed by atoms with van der Waals surface area (Å²) in [6.07, 6.45) is 1.99. The lowest BCUT2D eigenvalue weighted by Gasteiger charge is -2.22. The highest BCUT2D eigenvalue weighted by molar-refractivity contribution is 5.76. The third-order valence-corrected chi connectivity index (χ3v) is 4.61. The zero-order valence-corrected chi connectivity index (χ0v) is 13.8. The van der Waals surface area contributed by atoms with E-state index in [0.29, 0.717) is 30.6 Å². The minimum absolute atomic E-state index is 0.0881. The van der Waals surface area contributed by atoms with Crippen molar-refractivity contribution in [3.8, 4) is 0 Å². The first-order valence-corrected chi connectivity index (χ1v) is 7.96. The lowest BCUT2D eigenvalue weighted by molar-refractivity contribution is -0.130. The Labute approximate surface area is 135 Å². The van der Waals surface area contributed by atoms with Crippen LogP contribution in [0.4, 0.5) is 0 Å². The molecule has 0 spiro atoms. The lowest BCUT2D eigenvalue weighted by atomic mass is 10.1. The van der Waals surface area contributed by atoms with Gasteiger partial charge in [0.05, 0.1) is 6.54 Å². The molecule has 3 rings (SSSR count). The molecule has 0 saturated carbocycles. The molecule has 2 unspecified atom stereocenters. The molecule has 2 atom stereocenters. The summed E-state index contributed by atoms with van der Waals surface area (Å²) in [6.45, 7) is 4.02. The van der Waals surface area contributed by atoms with Crippen molar-refractivity contribution in [2.45, 2.75) is 25.9 Å². The molecule has 1 fully saturated rings. The van der Waals surface area contributed by atoms with E-state index in [1.54, 1.807) is 18.3 Å². The monoisotopic (exact) mass is 317 g/mol. The number of aryl methyl sites for hydroxylation is 1. The third-order valence-electron chi connectivity index (χ3n) is 4.61. The lowest BCUT2D eigenvalue weighted by Crippen LogP contribution is -2.36. The van der Waals surface area contributed by atoms with Crippen LogP contribution in [0, 0.1) is 5.92 Å². The van der Waals surface area contributed by atoms with Gasteiger partial charge in [0, 0.05) is 31.7 Å². The number of fused-ring (bicyclic) bond motifs is 1. The predicted octanol–water partition coefficient (Wildman–Crippen LogP) is 0.295. The zero-order valence-electron chi connectivity index (χ0n) is 13.8. The van der Waals surface area contributed by atoms with Crippen molar-refractivity contribution in [2.24, 2.45) is 5.92 Å². The highest BCUT2D eigenvalue weighted by atomic mass is 16.2. The van der Waals surface area contributed by atoms with Gasteiger partial charge in [0.1, 0.15) is 0 Å². The maximum atomic E-state index is 12.4. The summed E-state index contributed by atoms with van der Waals surface area (Å²) in [5.41, 5.74) is 0.404. The molecular weight excluding hydrogens is 294 g/mol. The number of carbonyl (C=O) groups is 1. The quantitative estimate of drug-likeness (QED) is 0.813. The van der Waals surface area contributed by atoms with Crippen LogP contribution in [0.2, 0.25) is 0 Å². The average molecular weight is 317 g/mol.